The number of fused-ring (bicyclic) bond motifs is 1. The van der Waals surface area contributed by atoms with E-state index >= 15 is 0 Å². The highest BCUT2D eigenvalue weighted by Crippen LogP contribution is 2.37. The third kappa shape index (κ3) is 4.50. The van der Waals surface area contributed by atoms with Gasteiger partial charge < -0.3 is 19.1 Å². The van der Waals surface area contributed by atoms with E-state index in [1.54, 1.807) is 26.4 Å². The molecule has 34 heavy (non-hydrogen) atoms. The first-order valence-corrected chi connectivity index (χ1v) is 12.1. The minimum Gasteiger partial charge on any atom is -0.380 e. The van der Waals surface area contributed by atoms with Gasteiger partial charge >= 0.3 is 0 Å². The van der Waals surface area contributed by atoms with Gasteiger partial charge in [0.2, 0.25) is 0 Å². The number of likely N-dealkylation sites (tertiary alicyclic amines) is 1. The van der Waals surface area contributed by atoms with E-state index in [1.807, 2.05) is 17.0 Å². The summed E-state index contributed by atoms with van der Waals surface area (Å²) in [7, 11) is 3.46. The van der Waals surface area contributed by atoms with Gasteiger partial charge in [-0.1, -0.05) is 36.4 Å². The zero-order valence-corrected chi connectivity index (χ0v) is 19.9. The Balaban J connectivity index is 1.40. The Bertz CT molecular complexity index is 1000. The van der Waals surface area contributed by atoms with E-state index in [0.29, 0.717) is 19.6 Å². The maximum Gasteiger partial charge on any atom is 0.252 e. The Morgan fingerprint density at radius 2 is 1.85 bits per heavy atom. The average Bonchev–Trinajstić information content (AvgIpc) is 3.37. The van der Waals surface area contributed by atoms with Crippen LogP contribution in [0.5, 0.6) is 0 Å². The summed E-state index contributed by atoms with van der Waals surface area (Å²) in [5.74, 6) is -0.291. The van der Waals surface area contributed by atoms with Gasteiger partial charge in [-0.05, 0) is 41.7 Å². The number of nitrogens with zero attached hydrogens (tertiary/aromatic N) is 2. The Morgan fingerprint density at radius 3 is 2.59 bits per heavy atom. The second kappa shape index (κ2) is 10.1. The molecular formula is C27H33FN2O4. The van der Waals surface area contributed by atoms with Crippen LogP contribution in [-0.2, 0) is 25.4 Å². The lowest BCUT2D eigenvalue weighted by Crippen LogP contribution is -2.56. The smallest absolute Gasteiger partial charge is 0.252 e. The lowest BCUT2D eigenvalue weighted by molar-refractivity contribution is -0.162. The number of halogens is 1. The summed E-state index contributed by atoms with van der Waals surface area (Å²) in [5, 5.41) is 0. The highest BCUT2D eigenvalue weighted by molar-refractivity contribution is 5.82. The van der Waals surface area contributed by atoms with Crippen molar-refractivity contribution in [2.24, 2.45) is 0 Å². The zero-order valence-electron chi connectivity index (χ0n) is 19.9. The molecule has 5 rings (SSSR count). The zero-order chi connectivity index (χ0) is 23.7. The number of amides is 1. The molecule has 182 valence electrons. The quantitative estimate of drug-likeness (QED) is 0.675. The fourth-order valence-electron chi connectivity index (χ4n) is 5.78. The van der Waals surface area contributed by atoms with E-state index in [4.69, 9.17) is 14.2 Å². The van der Waals surface area contributed by atoms with Crippen molar-refractivity contribution in [2.45, 2.75) is 49.7 Å². The van der Waals surface area contributed by atoms with Crippen LogP contribution in [-0.4, -0.2) is 80.5 Å². The minimum absolute atomic E-state index is 0.00845. The lowest BCUT2D eigenvalue weighted by atomic mass is 9.87. The van der Waals surface area contributed by atoms with E-state index < -0.39 is 6.10 Å². The normalized spacial score (nSPS) is 29.7. The van der Waals surface area contributed by atoms with Crippen LogP contribution < -0.4 is 0 Å². The van der Waals surface area contributed by atoms with Gasteiger partial charge in [0.25, 0.3) is 5.91 Å². The van der Waals surface area contributed by atoms with Crippen LogP contribution in [0.1, 0.15) is 35.6 Å². The highest BCUT2D eigenvalue weighted by Gasteiger charge is 2.43. The number of hydrogen-bond acceptors (Lipinski definition) is 5. The summed E-state index contributed by atoms with van der Waals surface area (Å²) in [4.78, 5) is 18.2. The molecule has 2 saturated heterocycles. The largest absolute Gasteiger partial charge is 0.380 e. The van der Waals surface area contributed by atoms with Crippen molar-refractivity contribution in [1.29, 1.82) is 0 Å². The molecule has 0 spiro atoms. The van der Waals surface area contributed by atoms with Crippen molar-refractivity contribution in [3.05, 3.63) is 71.0 Å². The van der Waals surface area contributed by atoms with Crippen LogP contribution in [0.3, 0.4) is 0 Å². The van der Waals surface area contributed by atoms with Crippen LogP contribution >= 0.6 is 0 Å². The van der Waals surface area contributed by atoms with E-state index in [2.05, 4.69) is 17.0 Å². The van der Waals surface area contributed by atoms with E-state index in [9.17, 15) is 9.18 Å². The van der Waals surface area contributed by atoms with Crippen molar-refractivity contribution in [2.75, 3.05) is 40.5 Å². The molecule has 0 aromatic heterocycles. The van der Waals surface area contributed by atoms with E-state index in [0.717, 1.165) is 37.1 Å². The van der Waals surface area contributed by atoms with Gasteiger partial charge in [-0.2, -0.15) is 0 Å². The minimum atomic E-state index is -0.536. The summed E-state index contributed by atoms with van der Waals surface area (Å²) in [6.45, 7) is 2.76. The topological polar surface area (TPSA) is 51.2 Å². The fraction of sp³-hybridized carbons (Fsp3) is 0.519. The molecule has 0 saturated carbocycles. The van der Waals surface area contributed by atoms with E-state index in [1.165, 1.54) is 17.7 Å². The molecule has 6 nitrogen and oxygen atoms in total. The molecule has 0 radical (unpaired) electrons. The number of benzene rings is 2. The summed E-state index contributed by atoms with van der Waals surface area (Å²) in [6, 6.07) is 14.6. The SMILES string of the molecule is CO[C@@H]1CCN([C@H]2C[C@H](C(=O)N3CCc4ccccc4[C@@H]3c3ccc(F)cc3)OC[C@@H]2OC)C1. The monoisotopic (exact) mass is 468 g/mol. The van der Waals surface area contributed by atoms with E-state index in [-0.39, 0.29) is 36.0 Å². The van der Waals surface area contributed by atoms with Crippen LogP contribution in [0.4, 0.5) is 4.39 Å². The van der Waals surface area contributed by atoms with Gasteiger partial charge in [-0.15, -0.1) is 0 Å². The van der Waals surface area contributed by atoms with Crippen LogP contribution in [0.2, 0.25) is 0 Å². The Morgan fingerprint density at radius 1 is 1.06 bits per heavy atom. The molecule has 0 unspecified atom stereocenters. The van der Waals surface area contributed by atoms with Gasteiger partial charge in [0.1, 0.15) is 11.9 Å². The molecule has 3 heterocycles. The van der Waals surface area contributed by atoms with Crippen molar-refractivity contribution in [3.8, 4) is 0 Å². The summed E-state index contributed by atoms with van der Waals surface area (Å²) in [5.41, 5.74) is 3.23. The highest BCUT2D eigenvalue weighted by atomic mass is 19.1. The molecule has 2 fully saturated rings. The molecule has 0 N–H and O–H groups in total. The average molecular weight is 469 g/mol. The van der Waals surface area contributed by atoms with Gasteiger partial charge in [0.15, 0.2) is 0 Å². The van der Waals surface area contributed by atoms with Crippen molar-refractivity contribution in [3.63, 3.8) is 0 Å². The molecule has 3 aliphatic heterocycles. The van der Waals surface area contributed by atoms with Gasteiger partial charge in [0.05, 0.1) is 24.9 Å². The van der Waals surface area contributed by atoms with Crippen molar-refractivity contribution < 1.29 is 23.4 Å². The summed E-state index contributed by atoms with van der Waals surface area (Å²) in [6.07, 6.45) is 1.97. The standard InChI is InChI=1S/C27H33FN2O4/c1-32-21-12-13-29(16-21)23-15-24(34-17-25(23)33-2)27(31)30-14-11-18-5-3-4-6-22(18)26(30)19-7-9-20(28)10-8-19/h3-10,21,23-26H,11-17H2,1-2H3/t21-,23+,24-,25+,26+/m1/s1. The van der Waals surface area contributed by atoms with Crippen molar-refractivity contribution in [1.82, 2.24) is 9.80 Å². The maximum absolute atomic E-state index is 13.9. The molecule has 0 bridgehead atoms. The Kier molecular flexibility index (Phi) is 6.97. The molecule has 5 atom stereocenters. The van der Waals surface area contributed by atoms with Gasteiger partial charge in [-0.3, -0.25) is 9.69 Å². The van der Waals surface area contributed by atoms with Gasteiger partial charge in [0, 0.05) is 46.3 Å². The third-order valence-electron chi connectivity index (χ3n) is 7.66. The number of ether oxygens (including phenoxy) is 3. The van der Waals surface area contributed by atoms with Crippen LogP contribution in [0, 0.1) is 5.82 Å². The molecule has 0 aliphatic carbocycles. The number of carbonyl (C=O) groups excluding carboxylic acids is 1. The fourth-order valence-corrected chi connectivity index (χ4v) is 5.78. The Labute approximate surface area is 200 Å². The first-order chi connectivity index (χ1) is 16.6. The first kappa shape index (κ1) is 23.4. The molecule has 7 heteroatoms. The Hall–Kier alpha value is -2.32. The number of methoxy groups -OCH3 is 2. The van der Waals surface area contributed by atoms with Crippen molar-refractivity contribution >= 4 is 5.91 Å². The molecule has 2 aromatic carbocycles. The number of rotatable bonds is 5. The second-order valence-electron chi connectivity index (χ2n) is 9.48. The predicted octanol–water partition coefficient (Wildman–Crippen LogP) is 3.19. The summed E-state index contributed by atoms with van der Waals surface area (Å²) < 4.78 is 31.1. The van der Waals surface area contributed by atoms with Crippen LogP contribution in [0.15, 0.2) is 48.5 Å². The molecular weight excluding hydrogens is 435 g/mol. The first-order valence-electron chi connectivity index (χ1n) is 12.1. The number of hydrogen-bond donors (Lipinski definition) is 0. The number of carbonyl (C=O) groups is 1. The molecule has 1 amide bonds. The lowest BCUT2D eigenvalue weighted by Gasteiger charge is -2.43. The third-order valence-corrected chi connectivity index (χ3v) is 7.66. The van der Waals surface area contributed by atoms with Crippen LogP contribution in [0.25, 0.3) is 0 Å². The van der Waals surface area contributed by atoms with Gasteiger partial charge in [-0.25, -0.2) is 4.39 Å². The summed E-state index contributed by atoms with van der Waals surface area (Å²) >= 11 is 0. The molecule has 2 aromatic rings. The predicted molar refractivity (Wildman–Crippen MR) is 126 cm³/mol. The molecule has 3 aliphatic rings. The maximum atomic E-state index is 13.9. The second-order valence-corrected chi connectivity index (χ2v) is 9.48.